The fraction of sp³-hybridized carbons (Fsp3) is 0.625. The molecule has 1 saturated heterocycles. The number of halogens is 2. The molecule has 1 fully saturated rings. The summed E-state index contributed by atoms with van der Waals surface area (Å²) in [5.74, 6) is -1.47. The summed E-state index contributed by atoms with van der Waals surface area (Å²) >= 11 is 0. The van der Waals surface area contributed by atoms with E-state index in [0.717, 1.165) is 25.9 Å². The van der Waals surface area contributed by atoms with Crippen molar-refractivity contribution in [3.05, 3.63) is 35.4 Å². The number of hydrogen-bond acceptors (Lipinski definition) is 2. The minimum atomic E-state index is -0.761. The van der Waals surface area contributed by atoms with Crippen LogP contribution in [0.1, 0.15) is 39.2 Å². The summed E-state index contributed by atoms with van der Waals surface area (Å²) in [5, 5.41) is 3.54. The number of piperazine rings is 1. The van der Waals surface area contributed by atoms with Gasteiger partial charge in [-0.15, -0.1) is 0 Å². The Labute approximate surface area is 120 Å². The molecule has 0 amide bonds. The van der Waals surface area contributed by atoms with Gasteiger partial charge in [0, 0.05) is 36.8 Å². The lowest BCUT2D eigenvalue weighted by Gasteiger charge is -2.48. The Kier molecular flexibility index (Phi) is 4.76. The Morgan fingerprint density at radius 1 is 1.35 bits per heavy atom. The van der Waals surface area contributed by atoms with Crippen molar-refractivity contribution in [3.8, 4) is 0 Å². The molecule has 112 valence electrons. The quantitative estimate of drug-likeness (QED) is 0.911. The Morgan fingerprint density at radius 3 is 2.75 bits per heavy atom. The van der Waals surface area contributed by atoms with Crippen LogP contribution in [0.3, 0.4) is 0 Å². The van der Waals surface area contributed by atoms with Gasteiger partial charge in [-0.05, 0) is 25.8 Å². The minimum absolute atomic E-state index is 0.00950. The third-order valence-electron chi connectivity index (χ3n) is 4.62. The van der Waals surface area contributed by atoms with E-state index in [0.29, 0.717) is 18.2 Å². The lowest BCUT2D eigenvalue weighted by Crippen LogP contribution is -2.62. The normalized spacial score (nSPS) is 27.8. The zero-order valence-corrected chi connectivity index (χ0v) is 12.5. The number of rotatable bonds is 4. The van der Waals surface area contributed by atoms with Crippen LogP contribution in [0.15, 0.2) is 18.2 Å². The summed E-state index contributed by atoms with van der Waals surface area (Å²) in [5.41, 5.74) is 0.436. The predicted molar refractivity (Wildman–Crippen MR) is 77.5 cm³/mol. The highest BCUT2D eigenvalue weighted by Crippen LogP contribution is 2.26. The highest BCUT2D eigenvalue weighted by molar-refractivity contribution is 5.19. The first-order valence-electron chi connectivity index (χ1n) is 7.41. The number of hydrogen-bond donors (Lipinski definition) is 1. The maximum Gasteiger partial charge on any atom is 0.163 e. The van der Waals surface area contributed by atoms with Crippen molar-refractivity contribution in [2.24, 2.45) is 0 Å². The molecule has 1 aromatic carbocycles. The second-order valence-corrected chi connectivity index (χ2v) is 5.93. The van der Waals surface area contributed by atoms with Crippen LogP contribution >= 0.6 is 0 Å². The highest BCUT2D eigenvalue weighted by atomic mass is 19.2. The van der Waals surface area contributed by atoms with E-state index in [-0.39, 0.29) is 5.54 Å². The van der Waals surface area contributed by atoms with Gasteiger partial charge in [-0.2, -0.15) is 0 Å². The monoisotopic (exact) mass is 282 g/mol. The lowest BCUT2D eigenvalue weighted by molar-refractivity contribution is 0.0398. The van der Waals surface area contributed by atoms with E-state index in [1.807, 2.05) is 0 Å². The fourth-order valence-electron chi connectivity index (χ4n) is 2.78. The van der Waals surface area contributed by atoms with E-state index in [1.165, 1.54) is 6.07 Å². The smallest absolute Gasteiger partial charge is 0.163 e. The van der Waals surface area contributed by atoms with E-state index in [9.17, 15) is 8.78 Å². The van der Waals surface area contributed by atoms with Crippen molar-refractivity contribution in [1.29, 1.82) is 0 Å². The van der Waals surface area contributed by atoms with Gasteiger partial charge in [0.25, 0.3) is 0 Å². The van der Waals surface area contributed by atoms with Crippen LogP contribution in [-0.2, 0) is 6.54 Å². The first-order chi connectivity index (χ1) is 9.50. The summed E-state index contributed by atoms with van der Waals surface area (Å²) in [6.07, 6.45) is 2.02. The van der Waals surface area contributed by atoms with Gasteiger partial charge >= 0.3 is 0 Å². The molecule has 2 unspecified atom stereocenters. The molecule has 1 heterocycles. The summed E-state index contributed by atoms with van der Waals surface area (Å²) < 4.78 is 27.2. The zero-order chi connectivity index (χ0) is 14.8. The van der Waals surface area contributed by atoms with Crippen LogP contribution in [-0.4, -0.2) is 29.6 Å². The molecule has 2 rings (SSSR count). The third-order valence-corrected chi connectivity index (χ3v) is 4.62. The van der Waals surface area contributed by atoms with E-state index >= 15 is 0 Å². The van der Waals surface area contributed by atoms with Crippen LogP contribution in [0.5, 0.6) is 0 Å². The Morgan fingerprint density at radius 2 is 2.10 bits per heavy atom. The maximum atomic E-state index is 13.9. The molecule has 1 aromatic rings. The average molecular weight is 282 g/mol. The molecule has 0 saturated carbocycles. The van der Waals surface area contributed by atoms with Crippen LogP contribution in [0.25, 0.3) is 0 Å². The maximum absolute atomic E-state index is 13.9. The highest BCUT2D eigenvalue weighted by Gasteiger charge is 2.36. The first-order valence-corrected chi connectivity index (χ1v) is 7.41. The molecule has 0 aromatic heterocycles. The van der Waals surface area contributed by atoms with Crippen LogP contribution in [0.4, 0.5) is 8.78 Å². The van der Waals surface area contributed by atoms with Gasteiger partial charge in [0.1, 0.15) is 0 Å². The summed E-state index contributed by atoms with van der Waals surface area (Å²) in [4.78, 5) is 2.29. The second-order valence-electron chi connectivity index (χ2n) is 5.93. The van der Waals surface area contributed by atoms with Crippen molar-refractivity contribution in [3.63, 3.8) is 0 Å². The second kappa shape index (κ2) is 6.19. The van der Waals surface area contributed by atoms with Crippen molar-refractivity contribution in [2.45, 2.75) is 51.7 Å². The Bertz CT molecular complexity index is 464. The van der Waals surface area contributed by atoms with Gasteiger partial charge in [-0.1, -0.05) is 26.0 Å². The summed E-state index contributed by atoms with van der Waals surface area (Å²) in [6.45, 7) is 8.70. The molecule has 1 aliphatic rings. The number of nitrogens with zero attached hydrogens (tertiary/aromatic N) is 1. The summed E-state index contributed by atoms with van der Waals surface area (Å²) in [6, 6.07) is 4.85. The van der Waals surface area contributed by atoms with Crippen molar-refractivity contribution in [2.75, 3.05) is 13.1 Å². The summed E-state index contributed by atoms with van der Waals surface area (Å²) in [7, 11) is 0. The van der Waals surface area contributed by atoms with Gasteiger partial charge in [0.05, 0.1) is 0 Å². The standard InChI is InChI=1S/C16H24F2N2/c1-4-13-10-20(16(3,5-2)11-19-13)9-12-7-6-8-14(17)15(12)18/h6-8,13,19H,4-5,9-11H2,1-3H3. The largest absolute Gasteiger partial charge is 0.311 e. The van der Waals surface area contributed by atoms with E-state index < -0.39 is 11.6 Å². The van der Waals surface area contributed by atoms with Crippen LogP contribution in [0.2, 0.25) is 0 Å². The topological polar surface area (TPSA) is 15.3 Å². The van der Waals surface area contributed by atoms with E-state index in [2.05, 4.69) is 31.0 Å². The minimum Gasteiger partial charge on any atom is -0.311 e. The molecular weight excluding hydrogens is 258 g/mol. The third kappa shape index (κ3) is 3.01. The molecule has 20 heavy (non-hydrogen) atoms. The molecule has 1 aliphatic heterocycles. The van der Waals surface area contributed by atoms with Crippen molar-refractivity contribution >= 4 is 0 Å². The SMILES string of the molecule is CCC1CN(Cc2cccc(F)c2F)C(C)(CC)CN1. The lowest BCUT2D eigenvalue weighted by atomic mass is 9.91. The van der Waals surface area contributed by atoms with Gasteiger partial charge in [0.15, 0.2) is 11.6 Å². The molecule has 4 heteroatoms. The molecule has 2 nitrogen and oxygen atoms in total. The van der Waals surface area contributed by atoms with Crippen LogP contribution in [0, 0.1) is 11.6 Å². The molecule has 1 N–H and O–H groups in total. The molecule has 0 spiro atoms. The molecule has 0 bridgehead atoms. The number of nitrogens with one attached hydrogen (secondary N) is 1. The van der Waals surface area contributed by atoms with Gasteiger partial charge < -0.3 is 5.32 Å². The van der Waals surface area contributed by atoms with Gasteiger partial charge in [-0.3, -0.25) is 4.90 Å². The molecule has 0 radical (unpaired) electrons. The van der Waals surface area contributed by atoms with Crippen LogP contribution < -0.4 is 5.32 Å². The fourth-order valence-corrected chi connectivity index (χ4v) is 2.78. The zero-order valence-electron chi connectivity index (χ0n) is 12.5. The average Bonchev–Trinajstić information content (AvgIpc) is 2.46. The number of benzene rings is 1. The van der Waals surface area contributed by atoms with E-state index in [4.69, 9.17) is 0 Å². The molecule has 2 atom stereocenters. The Hall–Kier alpha value is -1.00. The molecular formula is C16H24F2N2. The predicted octanol–water partition coefficient (Wildman–Crippen LogP) is 3.32. The van der Waals surface area contributed by atoms with E-state index in [1.54, 1.807) is 12.1 Å². The molecule has 0 aliphatic carbocycles. The van der Waals surface area contributed by atoms with Gasteiger partial charge in [0.2, 0.25) is 0 Å². The Balaban J connectivity index is 2.21. The first kappa shape index (κ1) is 15.4. The van der Waals surface area contributed by atoms with Crippen molar-refractivity contribution in [1.82, 2.24) is 10.2 Å². The van der Waals surface area contributed by atoms with Crippen molar-refractivity contribution < 1.29 is 8.78 Å². The van der Waals surface area contributed by atoms with Gasteiger partial charge in [-0.25, -0.2) is 8.78 Å².